The van der Waals surface area contributed by atoms with Gasteiger partial charge in [-0.3, -0.25) is 0 Å². The molecule has 0 saturated carbocycles. The monoisotopic (exact) mass is 297 g/mol. The summed E-state index contributed by atoms with van der Waals surface area (Å²) in [6.45, 7) is 2.63. The zero-order valence-electron chi connectivity index (χ0n) is 7.43. The Morgan fingerprint density at radius 1 is 1.62 bits per heavy atom. The third-order valence-electron chi connectivity index (χ3n) is 1.10. The van der Waals surface area contributed by atoms with Gasteiger partial charge in [0, 0.05) is 6.54 Å². The summed E-state index contributed by atoms with van der Waals surface area (Å²) < 4.78 is 0.637. The minimum Gasteiger partial charge on any atom is -0.318 e. The number of rotatable bonds is 4. The summed E-state index contributed by atoms with van der Waals surface area (Å²) in [4.78, 5) is 19.3. The first-order valence-electron chi connectivity index (χ1n) is 3.96. The van der Waals surface area contributed by atoms with Crippen molar-refractivity contribution in [2.75, 3.05) is 11.0 Å². The van der Waals surface area contributed by atoms with Crippen molar-refractivity contribution in [3.8, 4) is 12.0 Å². The molecule has 0 aliphatic heterocycles. The van der Waals surface area contributed by atoms with Gasteiger partial charge >= 0.3 is 6.09 Å². The first kappa shape index (κ1) is 12.4. The quantitative estimate of drug-likeness (QED) is 0.215. The maximum Gasteiger partial charge on any atom is 0.451 e. The van der Waals surface area contributed by atoms with E-state index >= 15 is 0 Å². The van der Waals surface area contributed by atoms with E-state index in [1.165, 1.54) is 0 Å². The Balaban J connectivity index is 3.30. The second kappa shape index (κ2) is 9.45. The SMILES string of the molecule is CCCCNC(=O)OOC#CCI. The van der Waals surface area contributed by atoms with Crippen LogP contribution in [0.3, 0.4) is 0 Å². The zero-order chi connectivity index (χ0) is 9.94. The van der Waals surface area contributed by atoms with E-state index in [0.717, 1.165) is 12.8 Å². The van der Waals surface area contributed by atoms with Gasteiger partial charge in [0.25, 0.3) is 0 Å². The molecule has 74 valence electrons. The number of nitrogens with one attached hydrogen (secondary N) is 1. The normalized spacial score (nSPS) is 8.15. The molecule has 0 aromatic rings. The minimum atomic E-state index is -0.601. The lowest BCUT2D eigenvalue weighted by Gasteiger charge is -2.00. The lowest BCUT2D eigenvalue weighted by atomic mass is 10.3. The molecule has 4 nitrogen and oxygen atoms in total. The standard InChI is InChI=1S/C8H12INO3/c1-2-3-6-10-8(11)13-12-7-4-5-9/h2-3,5-6H2,1H3,(H,10,11). The number of carbonyl (C=O) groups is 1. The smallest absolute Gasteiger partial charge is 0.318 e. The second-order valence-electron chi connectivity index (χ2n) is 2.15. The first-order chi connectivity index (χ1) is 6.31. The Morgan fingerprint density at radius 2 is 2.38 bits per heavy atom. The van der Waals surface area contributed by atoms with Gasteiger partial charge in [-0.2, -0.15) is 0 Å². The summed E-state index contributed by atoms with van der Waals surface area (Å²) in [7, 11) is 0. The van der Waals surface area contributed by atoms with Crippen LogP contribution in [0.5, 0.6) is 0 Å². The molecule has 1 amide bonds. The number of alkyl halides is 1. The summed E-state index contributed by atoms with van der Waals surface area (Å²) >= 11 is 2.06. The molecule has 13 heavy (non-hydrogen) atoms. The van der Waals surface area contributed by atoms with Gasteiger partial charge in [0.2, 0.25) is 0 Å². The van der Waals surface area contributed by atoms with Gasteiger partial charge in [0.1, 0.15) is 0 Å². The van der Waals surface area contributed by atoms with Gasteiger partial charge in [0.15, 0.2) is 6.11 Å². The summed E-state index contributed by atoms with van der Waals surface area (Å²) in [6, 6.07) is 0. The summed E-state index contributed by atoms with van der Waals surface area (Å²) in [5.41, 5.74) is 0. The molecular weight excluding hydrogens is 285 g/mol. The van der Waals surface area contributed by atoms with Crippen molar-refractivity contribution in [1.29, 1.82) is 0 Å². The van der Waals surface area contributed by atoms with E-state index < -0.39 is 6.09 Å². The van der Waals surface area contributed by atoms with E-state index in [1.54, 1.807) is 0 Å². The predicted octanol–water partition coefficient (Wildman–Crippen LogP) is 1.84. The van der Waals surface area contributed by atoms with Gasteiger partial charge in [0.05, 0.1) is 4.43 Å². The molecule has 0 aliphatic carbocycles. The van der Waals surface area contributed by atoms with Gasteiger partial charge < -0.3 is 5.32 Å². The molecular formula is C8H12INO3. The van der Waals surface area contributed by atoms with Crippen LogP contribution in [0.2, 0.25) is 0 Å². The van der Waals surface area contributed by atoms with Crippen LogP contribution in [-0.4, -0.2) is 17.1 Å². The molecule has 0 atom stereocenters. The van der Waals surface area contributed by atoms with Crippen molar-refractivity contribution in [2.24, 2.45) is 0 Å². The van der Waals surface area contributed by atoms with Crippen molar-refractivity contribution < 1.29 is 14.6 Å². The molecule has 1 N–H and O–H groups in total. The van der Waals surface area contributed by atoms with Crippen LogP contribution in [0.25, 0.3) is 0 Å². The molecule has 0 spiro atoms. The third-order valence-corrected chi connectivity index (χ3v) is 1.48. The maximum atomic E-state index is 10.8. The average molecular weight is 297 g/mol. The van der Waals surface area contributed by atoms with E-state index in [1.807, 2.05) is 6.92 Å². The van der Waals surface area contributed by atoms with Crippen LogP contribution in [0.4, 0.5) is 4.79 Å². The molecule has 0 aromatic heterocycles. The van der Waals surface area contributed by atoms with E-state index in [-0.39, 0.29) is 0 Å². The molecule has 5 heteroatoms. The highest BCUT2D eigenvalue weighted by Gasteiger charge is 1.99. The molecule has 0 heterocycles. The largest absolute Gasteiger partial charge is 0.451 e. The molecule has 0 bridgehead atoms. The summed E-state index contributed by atoms with van der Waals surface area (Å²) in [5, 5.41) is 2.50. The third kappa shape index (κ3) is 9.27. The highest BCUT2D eigenvalue weighted by atomic mass is 127. The van der Waals surface area contributed by atoms with Crippen LogP contribution >= 0.6 is 22.6 Å². The van der Waals surface area contributed by atoms with Crippen molar-refractivity contribution in [3.05, 3.63) is 0 Å². The Bertz CT molecular complexity index is 197. The van der Waals surface area contributed by atoms with Crippen LogP contribution in [0.1, 0.15) is 19.8 Å². The molecule has 0 unspecified atom stereocenters. The Hall–Kier alpha value is -0.640. The first-order valence-corrected chi connectivity index (χ1v) is 5.49. The van der Waals surface area contributed by atoms with Gasteiger partial charge in [-0.1, -0.05) is 35.9 Å². The molecule has 0 fully saturated rings. The second-order valence-corrected chi connectivity index (χ2v) is 2.91. The Labute approximate surface area is 91.4 Å². The fraction of sp³-hybridized carbons (Fsp3) is 0.625. The number of halogens is 1. The lowest BCUT2D eigenvalue weighted by molar-refractivity contribution is -0.173. The van der Waals surface area contributed by atoms with Crippen molar-refractivity contribution in [1.82, 2.24) is 5.32 Å². The molecule has 0 rings (SSSR count). The number of unbranched alkanes of at least 4 members (excludes halogenated alkanes) is 1. The predicted molar refractivity (Wildman–Crippen MR) is 57.1 cm³/mol. The number of carbonyl (C=O) groups excluding carboxylic acids is 1. The molecule has 0 radical (unpaired) electrons. The summed E-state index contributed by atoms with van der Waals surface area (Å²) in [5.74, 6) is 2.58. The van der Waals surface area contributed by atoms with E-state index in [9.17, 15) is 4.79 Å². The van der Waals surface area contributed by atoms with E-state index in [2.05, 4.69) is 49.7 Å². The maximum absolute atomic E-state index is 10.8. The van der Waals surface area contributed by atoms with Gasteiger partial charge in [-0.05, 0) is 12.3 Å². The highest BCUT2D eigenvalue weighted by molar-refractivity contribution is 14.1. The van der Waals surface area contributed by atoms with Crippen LogP contribution in [0.15, 0.2) is 0 Å². The molecule has 0 aromatic carbocycles. The summed E-state index contributed by atoms with van der Waals surface area (Å²) in [6.07, 6.45) is 3.56. The fourth-order valence-corrected chi connectivity index (χ4v) is 0.668. The van der Waals surface area contributed by atoms with Crippen LogP contribution in [-0.2, 0) is 9.78 Å². The van der Waals surface area contributed by atoms with Crippen molar-refractivity contribution in [3.63, 3.8) is 0 Å². The zero-order valence-corrected chi connectivity index (χ0v) is 9.59. The minimum absolute atomic E-state index is 0.596. The number of hydrogen-bond donors (Lipinski definition) is 1. The van der Waals surface area contributed by atoms with E-state index in [0.29, 0.717) is 11.0 Å². The Kier molecular flexibility index (Phi) is 8.98. The van der Waals surface area contributed by atoms with Crippen molar-refractivity contribution >= 4 is 28.7 Å². The van der Waals surface area contributed by atoms with Gasteiger partial charge in [-0.25, -0.2) is 14.6 Å². The topological polar surface area (TPSA) is 47.6 Å². The molecule has 0 aliphatic rings. The molecule has 0 saturated heterocycles. The van der Waals surface area contributed by atoms with Crippen LogP contribution in [0, 0.1) is 12.0 Å². The highest BCUT2D eigenvalue weighted by Crippen LogP contribution is 1.84. The number of amides is 1. The van der Waals surface area contributed by atoms with E-state index in [4.69, 9.17) is 0 Å². The van der Waals surface area contributed by atoms with Crippen LogP contribution < -0.4 is 5.32 Å². The van der Waals surface area contributed by atoms with Crippen molar-refractivity contribution in [2.45, 2.75) is 19.8 Å². The lowest BCUT2D eigenvalue weighted by Crippen LogP contribution is -2.24. The fourth-order valence-electron chi connectivity index (χ4n) is 0.512. The number of hydrogen-bond acceptors (Lipinski definition) is 3. The Morgan fingerprint density at radius 3 is 3.00 bits per heavy atom. The van der Waals surface area contributed by atoms with Gasteiger partial charge in [-0.15, -0.1) is 0 Å². The average Bonchev–Trinajstić information content (AvgIpc) is 2.13.